The molecule has 0 spiro atoms. The van der Waals surface area contributed by atoms with Crippen molar-refractivity contribution in [1.29, 1.82) is 0 Å². The molecule has 0 N–H and O–H groups in total. The molecule has 1 aromatic rings. The third kappa shape index (κ3) is 2.84. The van der Waals surface area contributed by atoms with Crippen LogP contribution in [0.4, 0.5) is 0 Å². The molecule has 0 atom stereocenters. The molecule has 85 valence electrons. The van der Waals surface area contributed by atoms with Crippen LogP contribution in [-0.4, -0.2) is 12.9 Å². The smallest absolute Gasteiger partial charge is 0.237 e. The lowest BCUT2D eigenvalue weighted by molar-refractivity contribution is 0.208. The molecule has 0 bridgehead atoms. The Morgan fingerprint density at radius 3 is 2.69 bits per heavy atom. The van der Waals surface area contributed by atoms with Crippen molar-refractivity contribution in [2.24, 2.45) is 5.92 Å². The summed E-state index contributed by atoms with van der Waals surface area (Å²) in [6.07, 6.45) is 8.41. The van der Waals surface area contributed by atoms with Gasteiger partial charge in [-0.1, -0.05) is 31.4 Å². The van der Waals surface area contributed by atoms with E-state index < -0.39 is 0 Å². The van der Waals surface area contributed by atoms with E-state index in [2.05, 4.69) is 0 Å². The Bertz CT molecular complexity index is 340. The van der Waals surface area contributed by atoms with Gasteiger partial charge >= 0.3 is 0 Å². The lowest BCUT2D eigenvalue weighted by Crippen LogP contribution is -2.15. The highest BCUT2D eigenvalue weighted by molar-refractivity contribution is 5.79. The van der Waals surface area contributed by atoms with E-state index in [9.17, 15) is 4.79 Å². The summed E-state index contributed by atoms with van der Waals surface area (Å²) < 4.78 is 5.70. The van der Waals surface area contributed by atoms with Crippen molar-refractivity contribution in [1.82, 2.24) is 0 Å². The highest BCUT2D eigenvalue weighted by atomic mass is 16.5. The third-order valence-corrected chi connectivity index (χ3v) is 3.20. The molecule has 16 heavy (non-hydrogen) atoms. The zero-order chi connectivity index (χ0) is 11.2. The molecule has 0 heterocycles. The van der Waals surface area contributed by atoms with Gasteiger partial charge in [-0.25, -0.2) is 0 Å². The largest absolute Gasteiger partial charge is 0.493 e. The van der Waals surface area contributed by atoms with Gasteiger partial charge in [-0.2, -0.15) is 0 Å². The van der Waals surface area contributed by atoms with Crippen LogP contribution in [0.2, 0.25) is 0 Å². The summed E-state index contributed by atoms with van der Waals surface area (Å²) in [4.78, 5) is 10.7. The number of hydrogen-bond acceptors (Lipinski definition) is 2. The second kappa shape index (κ2) is 5.69. The summed E-state index contributed by atoms with van der Waals surface area (Å²) in [7, 11) is 0. The van der Waals surface area contributed by atoms with Crippen LogP contribution in [-0.2, 0) is 4.79 Å². The van der Waals surface area contributed by atoms with Crippen LogP contribution >= 0.6 is 0 Å². The predicted octanol–water partition coefficient (Wildman–Crippen LogP) is 3.10. The van der Waals surface area contributed by atoms with E-state index in [-0.39, 0.29) is 0 Å². The first-order chi connectivity index (χ1) is 7.90. The fourth-order valence-electron chi connectivity index (χ4n) is 2.24. The molecule has 0 aromatic heterocycles. The Balaban J connectivity index is 1.90. The van der Waals surface area contributed by atoms with Crippen molar-refractivity contribution in [3.63, 3.8) is 0 Å². The fourth-order valence-corrected chi connectivity index (χ4v) is 2.24. The molecule has 1 saturated carbocycles. The molecule has 2 nitrogen and oxygen atoms in total. The van der Waals surface area contributed by atoms with Crippen molar-refractivity contribution in [3.8, 4) is 5.75 Å². The number of benzene rings is 1. The molecular weight excluding hydrogens is 200 g/mol. The van der Waals surface area contributed by atoms with Crippen molar-refractivity contribution in [2.75, 3.05) is 6.61 Å². The minimum absolute atomic E-state index is 0.526. The molecular formula is C14H17O2. The molecule has 0 amide bonds. The van der Waals surface area contributed by atoms with E-state index in [4.69, 9.17) is 4.74 Å². The van der Waals surface area contributed by atoms with Crippen LogP contribution in [0.15, 0.2) is 24.3 Å². The Hall–Kier alpha value is -1.31. The second-order valence-electron chi connectivity index (χ2n) is 4.41. The van der Waals surface area contributed by atoms with Crippen molar-refractivity contribution < 1.29 is 9.53 Å². The highest BCUT2D eigenvalue weighted by Gasteiger charge is 2.14. The minimum Gasteiger partial charge on any atom is -0.493 e. The average Bonchev–Trinajstić information content (AvgIpc) is 2.38. The predicted molar refractivity (Wildman–Crippen MR) is 63.3 cm³/mol. The molecule has 1 aromatic carbocycles. The maximum Gasteiger partial charge on any atom is 0.237 e. The fraction of sp³-hybridized carbons (Fsp3) is 0.500. The first kappa shape index (κ1) is 11.2. The maximum absolute atomic E-state index is 10.7. The average molecular weight is 217 g/mol. The van der Waals surface area contributed by atoms with Gasteiger partial charge in [0.1, 0.15) is 5.75 Å². The van der Waals surface area contributed by atoms with E-state index in [0.29, 0.717) is 17.2 Å². The molecule has 0 aliphatic heterocycles. The van der Waals surface area contributed by atoms with Crippen LogP contribution in [0, 0.1) is 5.92 Å². The van der Waals surface area contributed by atoms with Gasteiger partial charge in [0, 0.05) is 0 Å². The molecule has 2 heteroatoms. The van der Waals surface area contributed by atoms with Gasteiger partial charge in [0.15, 0.2) is 0 Å². The van der Waals surface area contributed by atoms with E-state index in [1.807, 2.05) is 24.5 Å². The third-order valence-electron chi connectivity index (χ3n) is 3.20. The first-order valence-corrected chi connectivity index (χ1v) is 6.00. The number of rotatable bonds is 4. The zero-order valence-electron chi connectivity index (χ0n) is 9.45. The topological polar surface area (TPSA) is 26.3 Å². The number of carbonyl (C=O) groups excluding carboxylic acids is 1. The van der Waals surface area contributed by atoms with Crippen molar-refractivity contribution in [2.45, 2.75) is 32.1 Å². The molecule has 1 aliphatic rings. The Labute approximate surface area is 96.6 Å². The molecule has 1 aliphatic carbocycles. The maximum atomic E-state index is 10.7. The quantitative estimate of drug-likeness (QED) is 0.774. The molecule has 0 unspecified atom stereocenters. The number of ether oxygens (including phenoxy) is 1. The Morgan fingerprint density at radius 1 is 1.19 bits per heavy atom. The van der Waals surface area contributed by atoms with Gasteiger partial charge in [0.05, 0.1) is 12.2 Å². The van der Waals surface area contributed by atoms with Gasteiger partial charge < -0.3 is 4.74 Å². The molecule has 1 fully saturated rings. The minimum atomic E-state index is 0.526. The lowest BCUT2D eigenvalue weighted by atomic mass is 9.90. The van der Waals surface area contributed by atoms with E-state index in [1.165, 1.54) is 32.1 Å². The molecule has 1 radical (unpaired) electrons. The first-order valence-electron chi connectivity index (χ1n) is 6.00. The van der Waals surface area contributed by atoms with Gasteiger partial charge in [-0.05, 0) is 30.9 Å². The van der Waals surface area contributed by atoms with Gasteiger partial charge in [0.2, 0.25) is 6.29 Å². The van der Waals surface area contributed by atoms with E-state index in [1.54, 1.807) is 6.07 Å². The molecule has 0 saturated heterocycles. The summed E-state index contributed by atoms with van der Waals surface area (Å²) >= 11 is 0. The highest BCUT2D eigenvalue weighted by Crippen LogP contribution is 2.25. The van der Waals surface area contributed by atoms with Gasteiger partial charge in [-0.15, -0.1) is 0 Å². The summed E-state index contributed by atoms with van der Waals surface area (Å²) in [5.41, 5.74) is 0.526. The van der Waals surface area contributed by atoms with Crippen LogP contribution in [0.5, 0.6) is 5.75 Å². The summed E-state index contributed by atoms with van der Waals surface area (Å²) in [5, 5.41) is 0. The summed E-state index contributed by atoms with van der Waals surface area (Å²) in [6.45, 7) is 0.735. The lowest BCUT2D eigenvalue weighted by Gasteiger charge is -2.21. The van der Waals surface area contributed by atoms with Crippen LogP contribution < -0.4 is 4.74 Å². The van der Waals surface area contributed by atoms with Crippen LogP contribution in [0.3, 0.4) is 0 Å². The second-order valence-corrected chi connectivity index (χ2v) is 4.41. The standard InChI is InChI=1S/C14H17O2/c15-10-13-8-4-5-9-14(13)16-11-12-6-2-1-3-7-12/h4-5,8-9,12H,1-3,6-7,11H2. The molecule has 2 rings (SSSR count). The van der Waals surface area contributed by atoms with Gasteiger partial charge in [0.25, 0.3) is 0 Å². The summed E-state index contributed by atoms with van der Waals surface area (Å²) in [6, 6.07) is 7.29. The SMILES string of the molecule is O=[C]c1ccccc1OCC1CCCCC1. The van der Waals surface area contributed by atoms with Gasteiger partial charge in [-0.3, -0.25) is 4.79 Å². The summed E-state index contributed by atoms with van der Waals surface area (Å²) in [5.74, 6) is 1.33. The van der Waals surface area contributed by atoms with E-state index in [0.717, 1.165) is 6.61 Å². The van der Waals surface area contributed by atoms with Crippen molar-refractivity contribution in [3.05, 3.63) is 29.8 Å². The van der Waals surface area contributed by atoms with Crippen molar-refractivity contribution >= 4 is 6.29 Å². The number of hydrogen-bond donors (Lipinski definition) is 0. The Kier molecular flexibility index (Phi) is 3.97. The number of para-hydroxylation sites is 1. The van der Waals surface area contributed by atoms with E-state index >= 15 is 0 Å². The zero-order valence-corrected chi connectivity index (χ0v) is 9.45. The van der Waals surface area contributed by atoms with Crippen LogP contribution in [0.25, 0.3) is 0 Å². The monoisotopic (exact) mass is 217 g/mol. The Morgan fingerprint density at radius 2 is 1.94 bits per heavy atom. The van der Waals surface area contributed by atoms with Crippen LogP contribution in [0.1, 0.15) is 37.7 Å². The normalized spacial score (nSPS) is 17.0.